The van der Waals surface area contributed by atoms with E-state index in [1.165, 1.54) is 32.1 Å². The molecule has 1 aliphatic rings. The minimum Gasteiger partial charge on any atom is -0.425 e. The van der Waals surface area contributed by atoms with Gasteiger partial charge in [-0.1, -0.05) is 43.7 Å². The molecule has 5 N–H and O–H groups in total. The standard InChI is InChI=1S/C22H27IN4O/c1-2-14-3-5-15(6-4-14)7-8-16-9-11-18(21(25)22(16)27-26)17-10-12-20(28-23)19(24)13-17/h7-15,26H,2-6,24-25H2,1H3/b8-7+,27-26?. The molecule has 0 saturated heterocycles. The number of benzene rings is 2. The van der Waals surface area contributed by atoms with E-state index in [1.54, 1.807) is 23.0 Å². The number of hydrogen-bond donors (Lipinski definition) is 3. The summed E-state index contributed by atoms with van der Waals surface area (Å²) < 4.78 is 5.19. The zero-order valence-electron chi connectivity index (χ0n) is 16.1. The fourth-order valence-corrected chi connectivity index (χ4v) is 4.35. The highest BCUT2D eigenvalue weighted by atomic mass is 127. The van der Waals surface area contributed by atoms with Crippen molar-refractivity contribution in [1.29, 1.82) is 5.53 Å². The predicted molar refractivity (Wildman–Crippen MR) is 125 cm³/mol. The first-order valence-corrected chi connectivity index (χ1v) is 10.6. The monoisotopic (exact) mass is 490 g/mol. The number of nitrogen functional groups attached to an aromatic ring is 2. The van der Waals surface area contributed by atoms with Gasteiger partial charge in [0.1, 0.15) is 5.69 Å². The van der Waals surface area contributed by atoms with Crippen LogP contribution in [0.1, 0.15) is 44.6 Å². The van der Waals surface area contributed by atoms with Crippen molar-refractivity contribution in [3.63, 3.8) is 0 Å². The number of rotatable bonds is 6. The van der Waals surface area contributed by atoms with E-state index in [9.17, 15) is 0 Å². The van der Waals surface area contributed by atoms with E-state index < -0.39 is 0 Å². The average molecular weight is 490 g/mol. The van der Waals surface area contributed by atoms with Gasteiger partial charge in [0.2, 0.25) is 0 Å². The molecule has 3 rings (SSSR count). The van der Waals surface area contributed by atoms with Gasteiger partial charge in [-0.25, -0.2) is 5.53 Å². The molecule has 2 aromatic carbocycles. The van der Waals surface area contributed by atoms with Gasteiger partial charge in [0.05, 0.1) is 11.4 Å². The Balaban J connectivity index is 1.85. The Bertz CT molecular complexity index is 873. The van der Waals surface area contributed by atoms with E-state index >= 15 is 0 Å². The Labute approximate surface area is 180 Å². The van der Waals surface area contributed by atoms with Gasteiger partial charge in [-0.05, 0) is 55.2 Å². The van der Waals surface area contributed by atoms with Gasteiger partial charge < -0.3 is 14.5 Å². The molecule has 0 unspecified atom stereocenters. The molecule has 0 bridgehead atoms. The van der Waals surface area contributed by atoms with Crippen molar-refractivity contribution in [3.8, 4) is 16.9 Å². The van der Waals surface area contributed by atoms with Gasteiger partial charge in [0, 0.05) is 11.1 Å². The smallest absolute Gasteiger partial charge is 0.192 e. The molecule has 0 spiro atoms. The lowest BCUT2D eigenvalue weighted by Gasteiger charge is -2.25. The summed E-state index contributed by atoms with van der Waals surface area (Å²) in [5, 5.41) is 3.72. The topological polar surface area (TPSA) is 97.5 Å². The Morgan fingerprint density at radius 1 is 1.18 bits per heavy atom. The Morgan fingerprint density at radius 3 is 2.54 bits per heavy atom. The SMILES string of the molecule is CCC1CCC(/C=C/c2ccc(-c3ccc(OI)c(N)c3)c(N)c2N=N)CC1. The zero-order valence-corrected chi connectivity index (χ0v) is 18.3. The molecule has 5 nitrogen and oxygen atoms in total. The highest BCUT2D eigenvalue weighted by Crippen LogP contribution is 2.39. The van der Waals surface area contributed by atoms with E-state index in [1.807, 2.05) is 30.3 Å². The minimum absolute atomic E-state index is 0.495. The molecular formula is C22H27IN4O. The van der Waals surface area contributed by atoms with Crippen LogP contribution in [0, 0.1) is 17.4 Å². The molecule has 1 fully saturated rings. The van der Waals surface area contributed by atoms with Crippen molar-refractivity contribution < 1.29 is 3.07 Å². The second kappa shape index (κ2) is 9.41. The minimum atomic E-state index is 0.495. The van der Waals surface area contributed by atoms with Crippen LogP contribution in [0.3, 0.4) is 0 Å². The van der Waals surface area contributed by atoms with Crippen molar-refractivity contribution in [3.05, 3.63) is 42.0 Å². The van der Waals surface area contributed by atoms with Crippen molar-refractivity contribution in [2.45, 2.75) is 39.0 Å². The van der Waals surface area contributed by atoms with Crippen molar-refractivity contribution in [1.82, 2.24) is 0 Å². The Kier molecular flexibility index (Phi) is 6.93. The zero-order chi connectivity index (χ0) is 20.1. The molecule has 0 heterocycles. The molecule has 0 atom stereocenters. The Morgan fingerprint density at radius 2 is 1.93 bits per heavy atom. The summed E-state index contributed by atoms with van der Waals surface area (Å²) in [5.74, 6) is 2.10. The lowest BCUT2D eigenvalue weighted by molar-refractivity contribution is 0.304. The van der Waals surface area contributed by atoms with Gasteiger partial charge in [-0.15, -0.1) is 0 Å². The third-order valence-electron chi connectivity index (χ3n) is 5.78. The van der Waals surface area contributed by atoms with Gasteiger partial charge in [-0.2, -0.15) is 5.11 Å². The number of nitrogens with one attached hydrogen (secondary N) is 1. The van der Waals surface area contributed by atoms with Crippen LogP contribution in [0.5, 0.6) is 5.75 Å². The number of anilines is 2. The molecule has 28 heavy (non-hydrogen) atoms. The molecule has 1 saturated carbocycles. The summed E-state index contributed by atoms with van der Waals surface area (Å²) in [4.78, 5) is 0. The number of nitrogens with two attached hydrogens (primary N) is 2. The van der Waals surface area contributed by atoms with Gasteiger partial charge in [-0.3, -0.25) is 0 Å². The van der Waals surface area contributed by atoms with E-state index in [2.05, 4.69) is 24.2 Å². The number of allylic oxidation sites excluding steroid dienone is 1. The van der Waals surface area contributed by atoms with Crippen LogP contribution in [-0.4, -0.2) is 0 Å². The quantitative estimate of drug-likeness (QED) is 0.228. The maximum atomic E-state index is 7.63. The third-order valence-corrected chi connectivity index (χ3v) is 6.26. The van der Waals surface area contributed by atoms with Gasteiger partial charge >= 0.3 is 0 Å². The third kappa shape index (κ3) is 4.48. The number of nitrogens with zero attached hydrogens (tertiary/aromatic N) is 1. The summed E-state index contributed by atoms with van der Waals surface area (Å²) in [6.07, 6.45) is 10.7. The first kappa shape index (κ1) is 20.6. The fourth-order valence-electron chi connectivity index (χ4n) is 3.95. The van der Waals surface area contributed by atoms with Crippen molar-refractivity contribution in [2.75, 3.05) is 11.5 Å². The second-order valence-corrected chi connectivity index (χ2v) is 7.89. The van der Waals surface area contributed by atoms with Crippen LogP contribution in [0.15, 0.2) is 41.5 Å². The lowest BCUT2D eigenvalue weighted by atomic mass is 9.80. The summed E-state index contributed by atoms with van der Waals surface area (Å²) >= 11 is 1.81. The first-order valence-electron chi connectivity index (χ1n) is 9.74. The van der Waals surface area contributed by atoms with Crippen molar-refractivity contribution >= 4 is 46.1 Å². The normalized spacial score (nSPS) is 19.6. The highest BCUT2D eigenvalue weighted by molar-refractivity contribution is 14.1. The maximum Gasteiger partial charge on any atom is 0.192 e. The number of halogens is 1. The summed E-state index contributed by atoms with van der Waals surface area (Å²) in [7, 11) is 0. The molecule has 148 valence electrons. The molecule has 0 aromatic heterocycles. The first-order chi connectivity index (χ1) is 13.6. The van der Waals surface area contributed by atoms with E-state index in [4.69, 9.17) is 20.1 Å². The summed E-state index contributed by atoms with van der Waals surface area (Å²) in [6.45, 7) is 2.28. The largest absolute Gasteiger partial charge is 0.425 e. The average Bonchev–Trinajstić information content (AvgIpc) is 2.72. The van der Waals surface area contributed by atoms with Gasteiger partial charge in [0.15, 0.2) is 28.8 Å². The summed E-state index contributed by atoms with van der Waals surface area (Å²) in [5.41, 5.74) is 24.2. The molecule has 1 aliphatic carbocycles. The molecule has 6 heteroatoms. The van der Waals surface area contributed by atoms with Crippen LogP contribution >= 0.6 is 23.0 Å². The molecule has 0 aliphatic heterocycles. The van der Waals surface area contributed by atoms with E-state index in [0.29, 0.717) is 28.7 Å². The van der Waals surface area contributed by atoms with Crippen LogP contribution in [0.25, 0.3) is 17.2 Å². The van der Waals surface area contributed by atoms with Crippen molar-refractivity contribution in [2.24, 2.45) is 17.0 Å². The number of hydrogen-bond acceptors (Lipinski definition) is 5. The molecule has 0 amide bonds. The summed E-state index contributed by atoms with van der Waals surface area (Å²) in [6, 6.07) is 9.50. The molecule has 2 aromatic rings. The maximum absolute atomic E-state index is 7.63. The van der Waals surface area contributed by atoms with Crippen LogP contribution in [0.2, 0.25) is 0 Å². The van der Waals surface area contributed by atoms with E-state index in [-0.39, 0.29) is 0 Å². The van der Waals surface area contributed by atoms with E-state index in [0.717, 1.165) is 22.6 Å². The van der Waals surface area contributed by atoms with Crippen LogP contribution < -0.4 is 14.5 Å². The fraction of sp³-hybridized carbons (Fsp3) is 0.364. The van der Waals surface area contributed by atoms with Gasteiger partial charge in [0.25, 0.3) is 0 Å². The second-order valence-electron chi connectivity index (χ2n) is 7.45. The lowest BCUT2D eigenvalue weighted by Crippen LogP contribution is -2.11. The Hall–Kier alpha value is -2.09. The highest BCUT2D eigenvalue weighted by Gasteiger charge is 2.18. The van der Waals surface area contributed by atoms with Crippen LogP contribution in [-0.2, 0) is 0 Å². The predicted octanol–water partition coefficient (Wildman–Crippen LogP) is 7.14. The molecular weight excluding hydrogens is 463 g/mol. The van der Waals surface area contributed by atoms with Crippen LogP contribution in [0.4, 0.5) is 17.1 Å². The molecule has 0 radical (unpaired) electrons.